The van der Waals surface area contributed by atoms with Gasteiger partial charge in [-0.25, -0.2) is 4.98 Å². The number of benzene rings is 2. The Kier molecular flexibility index (Phi) is 5.92. The Morgan fingerprint density at radius 3 is 2.75 bits per heavy atom. The summed E-state index contributed by atoms with van der Waals surface area (Å²) in [6, 6.07) is 16.7. The predicted octanol–water partition coefficient (Wildman–Crippen LogP) is 4.97. The number of aromatic amines is 1. The van der Waals surface area contributed by atoms with Crippen molar-refractivity contribution in [3.63, 3.8) is 0 Å². The maximum absolute atomic E-state index is 6.27. The molecule has 2 aromatic heterocycles. The van der Waals surface area contributed by atoms with Crippen LogP contribution in [-0.4, -0.2) is 32.2 Å². The number of fused-ring (bicyclic) bond motifs is 1. The topological polar surface area (TPSA) is 105 Å². The zero-order valence-corrected chi connectivity index (χ0v) is 18.4. The van der Waals surface area contributed by atoms with Gasteiger partial charge in [-0.2, -0.15) is 10.1 Å². The van der Waals surface area contributed by atoms with Crippen molar-refractivity contribution in [2.24, 2.45) is 5.73 Å². The van der Waals surface area contributed by atoms with E-state index in [9.17, 15) is 0 Å². The highest BCUT2D eigenvalue weighted by molar-refractivity contribution is 6.31. The number of halogens is 1. The van der Waals surface area contributed by atoms with Gasteiger partial charge in [-0.1, -0.05) is 41.9 Å². The zero-order valence-electron chi connectivity index (χ0n) is 17.7. The summed E-state index contributed by atoms with van der Waals surface area (Å²) in [5.74, 6) is 0.628. The lowest BCUT2D eigenvalue weighted by atomic mass is 9.92. The molecule has 164 valence electrons. The molecular weight excluding hydrogens is 422 g/mol. The SMILES string of the molecule is NC1CCC(Nc2ncc3c(-c4cccc(NCc5ccccc5Cl)c4)n[nH]c3n2)CC1. The molecule has 32 heavy (non-hydrogen) atoms. The van der Waals surface area contributed by atoms with E-state index in [-0.39, 0.29) is 0 Å². The van der Waals surface area contributed by atoms with E-state index >= 15 is 0 Å². The lowest BCUT2D eigenvalue weighted by Crippen LogP contribution is -2.33. The third-order valence-corrected chi connectivity index (χ3v) is 6.37. The molecule has 7 nitrogen and oxygen atoms in total. The van der Waals surface area contributed by atoms with Crippen molar-refractivity contribution in [3.8, 4) is 11.3 Å². The summed E-state index contributed by atoms with van der Waals surface area (Å²) in [7, 11) is 0. The first-order valence-corrected chi connectivity index (χ1v) is 11.3. The summed E-state index contributed by atoms with van der Waals surface area (Å²) in [5, 5.41) is 16.1. The normalized spacial score (nSPS) is 18.6. The fourth-order valence-corrected chi connectivity index (χ4v) is 4.36. The minimum atomic E-state index is 0.321. The molecule has 0 unspecified atom stereocenters. The second-order valence-electron chi connectivity index (χ2n) is 8.31. The van der Waals surface area contributed by atoms with Crippen LogP contribution in [0.3, 0.4) is 0 Å². The van der Waals surface area contributed by atoms with E-state index < -0.39 is 0 Å². The molecule has 8 heteroatoms. The third kappa shape index (κ3) is 4.54. The molecule has 0 radical (unpaired) electrons. The Hall–Kier alpha value is -3.16. The minimum Gasteiger partial charge on any atom is -0.381 e. The Morgan fingerprint density at radius 2 is 1.91 bits per heavy atom. The summed E-state index contributed by atoms with van der Waals surface area (Å²) >= 11 is 6.27. The molecule has 0 amide bonds. The van der Waals surface area contributed by atoms with Crippen LogP contribution < -0.4 is 16.4 Å². The summed E-state index contributed by atoms with van der Waals surface area (Å²) in [5.41, 5.74) is 10.6. The van der Waals surface area contributed by atoms with Gasteiger partial charge < -0.3 is 16.4 Å². The van der Waals surface area contributed by atoms with Gasteiger partial charge >= 0.3 is 0 Å². The predicted molar refractivity (Wildman–Crippen MR) is 130 cm³/mol. The number of nitrogens with two attached hydrogens (primary N) is 1. The van der Waals surface area contributed by atoms with Crippen LogP contribution in [0, 0.1) is 0 Å². The molecule has 4 aromatic rings. The van der Waals surface area contributed by atoms with Crippen molar-refractivity contribution in [1.29, 1.82) is 0 Å². The highest BCUT2D eigenvalue weighted by Crippen LogP contribution is 2.28. The van der Waals surface area contributed by atoms with Crippen LogP contribution in [0.4, 0.5) is 11.6 Å². The van der Waals surface area contributed by atoms with Gasteiger partial charge in [0.1, 0.15) is 5.69 Å². The van der Waals surface area contributed by atoms with E-state index in [1.165, 1.54) is 0 Å². The maximum atomic E-state index is 6.27. The summed E-state index contributed by atoms with van der Waals surface area (Å²) in [6.45, 7) is 0.647. The van der Waals surface area contributed by atoms with Crippen LogP contribution >= 0.6 is 11.6 Å². The highest BCUT2D eigenvalue weighted by Gasteiger charge is 2.19. The van der Waals surface area contributed by atoms with Crippen LogP contribution in [-0.2, 0) is 6.54 Å². The Morgan fingerprint density at radius 1 is 1.06 bits per heavy atom. The molecule has 2 heterocycles. The van der Waals surface area contributed by atoms with Gasteiger partial charge in [0.15, 0.2) is 5.65 Å². The number of aromatic nitrogens is 4. The van der Waals surface area contributed by atoms with Crippen molar-refractivity contribution in [2.75, 3.05) is 10.6 Å². The first-order chi connectivity index (χ1) is 15.7. The second kappa shape index (κ2) is 9.14. The van der Waals surface area contributed by atoms with Crippen LogP contribution in [0.25, 0.3) is 22.3 Å². The van der Waals surface area contributed by atoms with Gasteiger partial charge in [-0.15, -0.1) is 0 Å². The lowest BCUT2D eigenvalue weighted by molar-refractivity contribution is 0.410. The number of hydrogen-bond acceptors (Lipinski definition) is 6. The molecule has 0 aliphatic heterocycles. The van der Waals surface area contributed by atoms with Crippen molar-refractivity contribution in [2.45, 2.75) is 44.3 Å². The zero-order chi connectivity index (χ0) is 21.9. The molecule has 5 rings (SSSR count). The molecular formula is C24H26ClN7. The van der Waals surface area contributed by atoms with E-state index in [0.717, 1.165) is 64.2 Å². The second-order valence-corrected chi connectivity index (χ2v) is 8.72. The van der Waals surface area contributed by atoms with Gasteiger partial charge in [-0.3, -0.25) is 5.10 Å². The molecule has 0 spiro atoms. The van der Waals surface area contributed by atoms with Crippen molar-refractivity contribution >= 4 is 34.3 Å². The quantitative estimate of drug-likeness (QED) is 0.332. The maximum Gasteiger partial charge on any atom is 0.224 e. The number of hydrogen-bond donors (Lipinski definition) is 4. The minimum absolute atomic E-state index is 0.321. The Bertz CT molecular complexity index is 1210. The van der Waals surface area contributed by atoms with E-state index in [1.807, 2.05) is 48.7 Å². The number of nitrogens with zero attached hydrogens (tertiary/aromatic N) is 3. The first-order valence-electron chi connectivity index (χ1n) is 11.0. The smallest absolute Gasteiger partial charge is 0.224 e. The number of rotatable bonds is 6. The van der Waals surface area contributed by atoms with Gasteiger partial charge in [0.25, 0.3) is 0 Å². The van der Waals surface area contributed by atoms with Crippen LogP contribution in [0.15, 0.2) is 54.7 Å². The van der Waals surface area contributed by atoms with Gasteiger partial charge in [0, 0.05) is 41.1 Å². The summed E-state index contributed by atoms with van der Waals surface area (Å²) in [6.07, 6.45) is 6.00. The van der Waals surface area contributed by atoms with E-state index in [0.29, 0.717) is 24.6 Å². The standard InChI is InChI=1S/C24H26ClN7/c25-21-7-2-1-4-16(21)13-27-19-6-3-5-15(12-19)22-20-14-28-24(30-23(20)32-31-22)29-18-10-8-17(26)9-11-18/h1-7,12,14,17-18,27H,8-11,13,26H2,(H2,28,29,30,31,32). The van der Waals surface area contributed by atoms with Crippen LogP contribution in [0.2, 0.25) is 5.02 Å². The Balaban J connectivity index is 1.32. The average Bonchev–Trinajstić information content (AvgIpc) is 3.24. The molecule has 1 aliphatic carbocycles. The van der Waals surface area contributed by atoms with E-state index in [2.05, 4.69) is 36.9 Å². The largest absolute Gasteiger partial charge is 0.381 e. The third-order valence-electron chi connectivity index (χ3n) is 6.00. The monoisotopic (exact) mass is 447 g/mol. The van der Waals surface area contributed by atoms with Crippen molar-refractivity contribution in [3.05, 3.63) is 65.3 Å². The molecule has 1 aliphatic rings. The van der Waals surface area contributed by atoms with Gasteiger partial charge in [-0.05, 0) is 49.4 Å². The number of H-pyrrole nitrogens is 1. The van der Waals surface area contributed by atoms with Gasteiger partial charge in [0.05, 0.1) is 5.39 Å². The fraction of sp³-hybridized carbons (Fsp3) is 0.292. The summed E-state index contributed by atoms with van der Waals surface area (Å²) in [4.78, 5) is 9.18. The molecule has 5 N–H and O–H groups in total. The molecule has 1 fully saturated rings. The number of nitrogens with one attached hydrogen (secondary N) is 3. The lowest BCUT2D eigenvalue weighted by Gasteiger charge is -2.26. The van der Waals surface area contributed by atoms with Crippen LogP contribution in [0.5, 0.6) is 0 Å². The molecule has 2 aromatic carbocycles. The van der Waals surface area contributed by atoms with Crippen molar-refractivity contribution < 1.29 is 0 Å². The Labute approximate surface area is 191 Å². The van der Waals surface area contributed by atoms with Crippen LogP contribution in [0.1, 0.15) is 31.2 Å². The average molecular weight is 448 g/mol. The number of anilines is 2. The van der Waals surface area contributed by atoms with E-state index in [4.69, 9.17) is 17.3 Å². The first kappa shape index (κ1) is 20.7. The van der Waals surface area contributed by atoms with E-state index in [1.54, 1.807) is 0 Å². The van der Waals surface area contributed by atoms with Crippen molar-refractivity contribution in [1.82, 2.24) is 20.2 Å². The molecule has 0 bridgehead atoms. The molecule has 0 atom stereocenters. The highest BCUT2D eigenvalue weighted by atomic mass is 35.5. The molecule has 0 saturated heterocycles. The fourth-order valence-electron chi connectivity index (χ4n) is 4.16. The van der Waals surface area contributed by atoms with Gasteiger partial charge in [0.2, 0.25) is 5.95 Å². The summed E-state index contributed by atoms with van der Waals surface area (Å²) < 4.78 is 0. The molecule has 1 saturated carbocycles.